The first kappa shape index (κ1) is 25.7. The first-order valence-electron chi connectivity index (χ1n) is 15.2. The van der Waals surface area contributed by atoms with Crippen molar-refractivity contribution in [2.75, 3.05) is 9.80 Å². The molecule has 4 fully saturated rings. The lowest BCUT2D eigenvalue weighted by atomic mass is 9.86. The van der Waals surface area contributed by atoms with Crippen molar-refractivity contribution < 1.29 is 9.59 Å². The Morgan fingerprint density at radius 2 is 1.00 bits per heavy atom. The Kier molecular flexibility index (Phi) is 8.92. The second kappa shape index (κ2) is 12.5. The Balaban J connectivity index is 1.46. The summed E-state index contributed by atoms with van der Waals surface area (Å²) in [6.07, 6.45) is 24.1. The van der Waals surface area contributed by atoms with Gasteiger partial charge in [-0.2, -0.15) is 4.98 Å². The maximum absolute atomic E-state index is 13.9. The summed E-state index contributed by atoms with van der Waals surface area (Å²) >= 11 is 0. The zero-order valence-corrected chi connectivity index (χ0v) is 22.2. The van der Waals surface area contributed by atoms with Crippen molar-refractivity contribution in [3.05, 3.63) is 12.3 Å². The second-order valence-corrected chi connectivity index (χ2v) is 11.9. The van der Waals surface area contributed by atoms with Gasteiger partial charge in [0, 0.05) is 30.1 Å². The second-order valence-electron chi connectivity index (χ2n) is 11.9. The lowest BCUT2D eigenvalue weighted by Crippen LogP contribution is -2.47. The summed E-state index contributed by atoms with van der Waals surface area (Å²) in [5.74, 6) is 1.94. The molecule has 6 heteroatoms. The van der Waals surface area contributed by atoms with Crippen LogP contribution in [0.4, 0.5) is 11.8 Å². The minimum absolute atomic E-state index is 0.0891. The summed E-state index contributed by atoms with van der Waals surface area (Å²) in [6, 6.07) is 2.32. The molecule has 2 amide bonds. The molecular formula is C30H46N4O2. The van der Waals surface area contributed by atoms with Gasteiger partial charge in [-0.05, 0) is 57.4 Å². The van der Waals surface area contributed by atoms with Crippen LogP contribution in [0, 0.1) is 11.8 Å². The van der Waals surface area contributed by atoms with Crippen LogP contribution >= 0.6 is 0 Å². The van der Waals surface area contributed by atoms with Crippen LogP contribution in [0.2, 0.25) is 0 Å². The fourth-order valence-corrected chi connectivity index (χ4v) is 7.28. The Morgan fingerprint density at radius 3 is 1.50 bits per heavy atom. The van der Waals surface area contributed by atoms with Crippen LogP contribution in [0.3, 0.4) is 0 Å². The van der Waals surface area contributed by atoms with Crippen LogP contribution in [0.1, 0.15) is 128 Å². The summed E-state index contributed by atoms with van der Waals surface area (Å²) in [4.78, 5) is 41.6. The van der Waals surface area contributed by atoms with Crippen LogP contribution in [0.15, 0.2) is 12.3 Å². The Hall–Kier alpha value is -1.98. The van der Waals surface area contributed by atoms with Crippen LogP contribution in [-0.2, 0) is 9.59 Å². The Morgan fingerprint density at radius 1 is 0.583 bits per heavy atom. The van der Waals surface area contributed by atoms with Gasteiger partial charge >= 0.3 is 0 Å². The number of hydrogen-bond donors (Lipinski definition) is 0. The van der Waals surface area contributed by atoms with Gasteiger partial charge in [-0.3, -0.25) is 19.4 Å². The van der Waals surface area contributed by atoms with Crippen molar-refractivity contribution in [3.63, 3.8) is 0 Å². The van der Waals surface area contributed by atoms with Gasteiger partial charge in [-0.15, -0.1) is 0 Å². The molecule has 0 saturated heterocycles. The van der Waals surface area contributed by atoms with Crippen molar-refractivity contribution in [1.82, 2.24) is 9.97 Å². The van der Waals surface area contributed by atoms with E-state index in [4.69, 9.17) is 4.98 Å². The Labute approximate surface area is 217 Å². The predicted octanol–water partition coefficient (Wildman–Crippen LogP) is 6.97. The number of amides is 2. The van der Waals surface area contributed by atoms with E-state index in [-0.39, 0.29) is 35.7 Å². The zero-order valence-electron chi connectivity index (χ0n) is 22.2. The molecule has 0 N–H and O–H groups in total. The van der Waals surface area contributed by atoms with Crippen molar-refractivity contribution >= 4 is 23.6 Å². The molecule has 0 aliphatic heterocycles. The SMILES string of the molecule is O=C(C1CCCCC1)N(c1ccnc(N(C(=O)C2CCCCC2)C2CCCCC2)n1)C1CCCCC1. The fourth-order valence-electron chi connectivity index (χ4n) is 7.28. The third kappa shape index (κ3) is 5.94. The first-order valence-corrected chi connectivity index (χ1v) is 15.2. The summed E-state index contributed by atoms with van der Waals surface area (Å²) in [5, 5.41) is 0. The highest BCUT2D eigenvalue weighted by Gasteiger charge is 2.36. The lowest BCUT2D eigenvalue weighted by molar-refractivity contribution is -0.124. The van der Waals surface area contributed by atoms with Crippen LogP contribution in [0.25, 0.3) is 0 Å². The molecule has 198 valence electrons. The maximum Gasteiger partial charge on any atom is 0.234 e. The molecule has 36 heavy (non-hydrogen) atoms. The lowest BCUT2D eigenvalue weighted by Gasteiger charge is -2.38. The van der Waals surface area contributed by atoms with Gasteiger partial charge in [0.15, 0.2) is 0 Å². The average Bonchev–Trinajstić information content (AvgIpc) is 2.96. The third-order valence-corrected chi connectivity index (χ3v) is 9.35. The van der Waals surface area contributed by atoms with Gasteiger partial charge in [-0.1, -0.05) is 77.0 Å². The quantitative estimate of drug-likeness (QED) is 0.428. The number of anilines is 2. The molecule has 0 atom stereocenters. The fraction of sp³-hybridized carbons (Fsp3) is 0.800. The minimum Gasteiger partial charge on any atom is -0.293 e. The molecule has 4 aliphatic rings. The van der Waals surface area contributed by atoms with Gasteiger partial charge < -0.3 is 0 Å². The van der Waals surface area contributed by atoms with Crippen molar-refractivity contribution in [3.8, 4) is 0 Å². The van der Waals surface area contributed by atoms with Gasteiger partial charge in [0.1, 0.15) is 5.82 Å². The highest BCUT2D eigenvalue weighted by molar-refractivity contribution is 5.96. The number of hydrogen-bond acceptors (Lipinski definition) is 4. The third-order valence-electron chi connectivity index (χ3n) is 9.35. The number of rotatable bonds is 6. The number of carbonyl (C=O) groups excluding carboxylic acids is 2. The molecule has 4 saturated carbocycles. The van der Waals surface area contributed by atoms with E-state index in [9.17, 15) is 9.59 Å². The van der Waals surface area contributed by atoms with E-state index in [1.165, 1.54) is 38.5 Å². The van der Waals surface area contributed by atoms with Crippen LogP contribution < -0.4 is 9.80 Å². The van der Waals surface area contributed by atoms with E-state index < -0.39 is 0 Å². The molecule has 0 bridgehead atoms. The van der Waals surface area contributed by atoms with Gasteiger partial charge in [-0.25, -0.2) is 4.98 Å². The van der Waals surface area contributed by atoms with Crippen molar-refractivity contribution in [2.24, 2.45) is 11.8 Å². The number of carbonyl (C=O) groups is 2. The summed E-state index contributed by atoms with van der Waals surface area (Å²) in [5.41, 5.74) is 0. The summed E-state index contributed by atoms with van der Waals surface area (Å²) in [6.45, 7) is 0. The summed E-state index contributed by atoms with van der Waals surface area (Å²) < 4.78 is 0. The van der Waals surface area contributed by atoms with Gasteiger partial charge in [0.25, 0.3) is 0 Å². The summed E-state index contributed by atoms with van der Waals surface area (Å²) in [7, 11) is 0. The molecule has 0 radical (unpaired) electrons. The first-order chi connectivity index (χ1) is 17.7. The molecule has 6 nitrogen and oxygen atoms in total. The molecule has 5 rings (SSSR count). The largest absolute Gasteiger partial charge is 0.293 e. The predicted molar refractivity (Wildman–Crippen MR) is 144 cm³/mol. The van der Waals surface area contributed by atoms with E-state index in [0.29, 0.717) is 5.95 Å². The molecule has 0 aromatic carbocycles. The van der Waals surface area contributed by atoms with E-state index in [1.54, 1.807) is 6.20 Å². The van der Waals surface area contributed by atoms with Gasteiger partial charge in [0.05, 0.1) is 0 Å². The molecule has 4 aliphatic carbocycles. The standard InChI is InChI=1S/C30H46N4O2/c35-28(23-13-5-1-6-14-23)33(25-17-9-3-10-18-25)27-21-22-31-30(32-27)34(26-19-11-4-12-20-26)29(36)24-15-7-2-8-16-24/h21-26H,1-20H2. The van der Waals surface area contributed by atoms with Gasteiger partial charge in [0.2, 0.25) is 17.8 Å². The smallest absolute Gasteiger partial charge is 0.234 e. The highest BCUT2D eigenvalue weighted by atomic mass is 16.2. The average molecular weight is 495 g/mol. The van der Waals surface area contributed by atoms with Crippen LogP contribution in [-0.4, -0.2) is 33.9 Å². The zero-order chi connectivity index (χ0) is 24.7. The molecule has 1 heterocycles. The van der Waals surface area contributed by atoms with E-state index in [0.717, 1.165) is 95.7 Å². The minimum atomic E-state index is 0.0891. The van der Waals surface area contributed by atoms with E-state index >= 15 is 0 Å². The maximum atomic E-state index is 13.9. The Bertz CT molecular complexity index is 798. The molecule has 0 spiro atoms. The van der Waals surface area contributed by atoms with E-state index in [2.05, 4.69) is 4.98 Å². The van der Waals surface area contributed by atoms with E-state index in [1.807, 2.05) is 15.9 Å². The van der Waals surface area contributed by atoms with Crippen LogP contribution in [0.5, 0.6) is 0 Å². The normalized spacial score (nSPS) is 23.3. The number of aromatic nitrogens is 2. The van der Waals surface area contributed by atoms with Crippen molar-refractivity contribution in [1.29, 1.82) is 0 Å². The highest BCUT2D eigenvalue weighted by Crippen LogP contribution is 2.35. The number of nitrogens with zero attached hydrogens (tertiary/aromatic N) is 4. The molecule has 1 aromatic rings. The monoisotopic (exact) mass is 494 g/mol. The molecule has 1 aromatic heterocycles. The topological polar surface area (TPSA) is 66.4 Å². The molecular weight excluding hydrogens is 448 g/mol. The molecule has 0 unspecified atom stereocenters. The van der Waals surface area contributed by atoms with Crippen molar-refractivity contribution in [2.45, 2.75) is 141 Å².